The summed E-state index contributed by atoms with van der Waals surface area (Å²) in [7, 11) is 0. The van der Waals surface area contributed by atoms with Gasteiger partial charge in [-0.1, -0.05) is 48.5 Å². The smallest absolute Gasteiger partial charge is 0.0369 e. The van der Waals surface area contributed by atoms with Crippen LogP contribution in [0.25, 0.3) is 0 Å². The van der Waals surface area contributed by atoms with Gasteiger partial charge in [-0.15, -0.1) is 0 Å². The lowest BCUT2D eigenvalue weighted by atomic mass is 9.89. The Kier molecular flexibility index (Phi) is 1.91. The number of fused-ring (bicyclic) bond motifs is 6. The maximum atomic E-state index is 3.77. The third kappa shape index (κ3) is 1.36. The SMILES string of the molecule is c1ccc2c(c1)CC1NC(C2)c2ccccc21. The Labute approximate surface area is 101 Å². The molecule has 0 aromatic heterocycles. The van der Waals surface area contributed by atoms with Gasteiger partial charge in [0.05, 0.1) is 0 Å². The maximum Gasteiger partial charge on any atom is 0.0369 e. The van der Waals surface area contributed by atoms with E-state index in [9.17, 15) is 0 Å². The van der Waals surface area contributed by atoms with Crippen LogP contribution in [0.1, 0.15) is 34.3 Å². The van der Waals surface area contributed by atoms with Crippen LogP contribution in [0.15, 0.2) is 48.5 Å². The third-order valence-electron chi connectivity index (χ3n) is 4.12. The fraction of sp³-hybridized carbons (Fsp3) is 0.250. The van der Waals surface area contributed by atoms with Crippen molar-refractivity contribution in [2.45, 2.75) is 24.9 Å². The largest absolute Gasteiger partial charge is 0.302 e. The van der Waals surface area contributed by atoms with Crippen molar-refractivity contribution in [3.63, 3.8) is 0 Å². The van der Waals surface area contributed by atoms with Gasteiger partial charge in [0.2, 0.25) is 0 Å². The van der Waals surface area contributed by atoms with Gasteiger partial charge in [-0.05, 0) is 35.1 Å². The van der Waals surface area contributed by atoms with Gasteiger partial charge in [-0.25, -0.2) is 0 Å². The highest BCUT2D eigenvalue weighted by Crippen LogP contribution is 2.40. The van der Waals surface area contributed by atoms with E-state index in [1.54, 1.807) is 0 Å². The summed E-state index contributed by atoms with van der Waals surface area (Å²) in [6, 6.07) is 18.8. The first-order chi connectivity index (χ1) is 8.42. The van der Waals surface area contributed by atoms with Gasteiger partial charge in [-0.2, -0.15) is 0 Å². The summed E-state index contributed by atoms with van der Waals surface area (Å²) < 4.78 is 0. The molecule has 2 bridgehead atoms. The van der Waals surface area contributed by atoms with E-state index in [0.29, 0.717) is 12.1 Å². The van der Waals surface area contributed by atoms with E-state index in [1.165, 1.54) is 22.3 Å². The van der Waals surface area contributed by atoms with E-state index in [4.69, 9.17) is 0 Å². The number of benzene rings is 2. The molecule has 1 heteroatoms. The Morgan fingerprint density at radius 1 is 0.706 bits per heavy atom. The molecule has 2 aromatic carbocycles. The Balaban J connectivity index is 1.85. The van der Waals surface area contributed by atoms with Gasteiger partial charge < -0.3 is 5.32 Å². The molecule has 0 amide bonds. The minimum Gasteiger partial charge on any atom is -0.302 e. The van der Waals surface area contributed by atoms with Gasteiger partial charge in [-0.3, -0.25) is 0 Å². The second kappa shape index (κ2) is 3.44. The van der Waals surface area contributed by atoms with Crippen molar-refractivity contribution in [2.75, 3.05) is 0 Å². The lowest BCUT2D eigenvalue weighted by Gasteiger charge is -2.14. The molecule has 2 aliphatic heterocycles. The van der Waals surface area contributed by atoms with Crippen molar-refractivity contribution in [3.8, 4) is 0 Å². The van der Waals surface area contributed by atoms with Gasteiger partial charge in [0, 0.05) is 12.1 Å². The van der Waals surface area contributed by atoms with Crippen LogP contribution in [0, 0.1) is 0 Å². The van der Waals surface area contributed by atoms with Gasteiger partial charge in [0.15, 0.2) is 0 Å². The first-order valence-electron chi connectivity index (χ1n) is 6.33. The predicted octanol–water partition coefficient (Wildman–Crippen LogP) is 3.17. The molecule has 1 N–H and O–H groups in total. The van der Waals surface area contributed by atoms with Crippen molar-refractivity contribution in [3.05, 3.63) is 70.8 Å². The van der Waals surface area contributed by atoms with Crippen LogP contribution in [-0.4, -0.2) is 0 Å². The molecule has 0 fully saturated rings. The highest BCUT2D eigenvalue weighted by atomic mass is 15.0. The summed E-state index contributed by atoms with van der Waals surface area (Å²) in [4.78, 5) is 0. The van der Waals surface area contributed by atoms with Gasteiger partial charge >= 0.3 is 0 Å². The second-order valence-electron chi connectivity index (χ2n) is 5.08. The molecule has 0 saturated carbocycles. The van der Waals surface area contributed by atoms with E-state index in [-0.39, 0.29) is 0 Å². The zero-order valence-corrected chi connectivity index (χ0v) is 9.69. The molecule has 0 radical (unpaired) electrons. The van der Waals surface area contributed by atoms with Crippen LogP contribution in [0.4, 0.5) is 0 Å². The van der Waals surface area contributed by atoms with E-state index < -0.39 is 0 Å². The molecule has 0 spiro atoms. The van der Waals surface area contributed by atoms with Gasteiger partial charge in [0.1, 0.15) is 0 Å². The third-order valence-corrected chi connectivity index (χ3v) is 4.12. The van der Waals surface area contributed by atoms with Crippen molar-refractivity contribution < 1.29 is 0 Å². The van der Waals surface area contributed by atoms with E-state index in [0.717, 1.165) is 12.8 Å². The van der Waals surface area contributed by atoms with Crippen LogP contribution < -0.4 is 5.32 Å². The highest BCUT2D eigenvalue weighted by molar-refractivity contribution is 5.43. The molecule has 2 heterocycles. The summed E-state index contributed by atoms with van der Waals surface area (Å²) in [5.41, 5.74) is 6.04. The Morgan fingerprint density at radius 2 is 1.18 bits per heavy atom. The fourth-order valence-corrected chi connectivity index (χ4v) is 3.30. The molecule has 1 nitrogen and oxygen atoms in total. The zero-order chi connectivity index (χ0) is 11.2. The molecular weight excluding hydrogens is 206 g/mol. The monoisotopic (exact) mass is 221 g/mol. The van der Waals surface area contributed by atoms with Crippen molar-refractivity contribution in [1.29, 1.82) is 0 Å². The molecule has 2 unspecified atom stereocenters. The van der Waals surface area contributed by atoms with Crippen LogP contribution >= 0.6 is 0 Å². The molecule has 2 aromatic rings. The summed E-state index contributed by atoms with van der Waals surface area (Å²) in [6.45, 7) is 0. The minimum absolute atomic E-state index is 0.514. The molecule has 0 saturated heterocycles. The summed E-state index contributed by atoms with van der Waals surface area (Å²) >= 11 is 0. The molecule has 2 aliphatic rings. The highest BCUT2D eigenvalue weighted by Gasteiger charge is 2.33. The molecule has 84 valence electrons. The Hall–Kier alpha value is -1.60. The molecule has 4 rings (SSSR count). The Bertz CT molecular complexity index is 523. The number of rotatable bonds is 0. The summed E-state index contributed by atoms with van der Waals surface area (Å²) in [6.07, 6.45) is 2.26. The summed E-state index contributed by atoms with van der Waals surface area (Å²) in [5.74, 6) is 0. The van der Waals surface area contributed by atoms with Crippen molar-refractivity contribution in [1.82, 2.24) is 5.32 Å². The standard InChI is InChI=1S/C16H15N/c1-2-6-12-10-16-14-8-4-3-7-13(14)15(17-16)9-11(12)5-1/h1-8,15-17H,9-10H2. The average molecular weight is 221 g/mol. The van der Waals surface area contributed by atoms with Crippen LogP contribution in [0.5, 0.6) is 0 Å². The molecular formula is C16H15N. The maximum absolute atomic E-state index is 3.77. The average Bonchev–Trinajstić information content (AvgIpc) is 2.59. The molecule has 2 atom stereocenters. The van der Waals surface area contributed by atoms with Crippen LogP contribution in [0.2, 0.25) is 0 Å². The topological polar surface area (TPSA) is 12.0 Å². The predicted molar refractivity (Wildman–Crippen MR) is 68.9 cm³/mol. The fourth-order valence-electron chi connectivity index (χ4n) is 3.30. The Morgan fingerprint density at radius 3 is 1.71 bits per heavy atom. The van der Waals surface area contributed by atoms with E-state index in [2.05, 4.69) is 53.8 Å². The normalized spacial score (nSPS) is 24.9. The minimum atomic E-state index is 0.514. The van der Waals surface area contributed by atoms with Crippen molar-refractivity contribution in [2.24, 2.45) is 0 Å². The molecule has 0 aliphatic carbocycles. The van der Waals surface area contributed by atoms with E-state index in [1.807, 2.05) is 0 Å². The number of nitrogens with one attached hydrogen (secondary N) is 1. The second-order valence-corrected chi connectivity index (χ2v) is 5.08. The quantitative estimate of drug-likeness (QED) is 0.720. The zero-order valence-electron chi connectivity index (χ0n) is 9.69. The van der Waals surface area contributed by atoms with Crippen molar-refractivity contribution >= 4 is 0 Å². The first-order valence-corrected chi connectivity index (χ1v) is 6.33. The summed E-state index contributed by atoms with van der Waals surface area (Å²) in [5, 5.41) is 3.77. The number of hydrogen-bond acceptors (Lipinski definition) is 1. The lowest BCUT2D eigenvalue weighted by molar-refractivity contribution is 0.511. The lowest BCUT2D eigenvalue weighted by Crippen LogP contribution is -2.17. The first kappa shape index (κ1) is 9.43. The van der Waals surface area contributed by atoms with Crippen LogP contribution in [0.3, 0.4) is 0 Å². The van der Waals surface area contributed by atoms with Gasteiger partial charge in [0.25, 0.3) is 0 Å². The van der Waals surface area contributed by atoms with E-state index >= 15 is 0 Å². The van der Waals surface area contributed by atoms with Crippen LogP contribution in [-0.2, 0) is 12.8 Å². The number of hydrogen-bond donors (Lipinski definition) is 1. The molecule has 17 heavy (non-hydrogen) atoms.